The molecule has 6 aliphatic carbocycles. The van der Waals surface area contributed by atoms with Crippen molar-refractivity contribution in [2.24, 2.45) is 17.3 Å². The van der Waals surface area contributed by atoms with Gasteiger partial charge in [0, 0.05) is 26.2 Å². The minimum atomic E-state index is -0.0254. The van der Waals surface area contributed by atoms with Crippen LogP contribution in [0.1, 0.15) is 79.1 Å². The summed E-state index contributed by atoms with van der Waals surface area (Å²) in [6.45, 7) is 9.68. The fraction of sp³-hybridized carbons (Fsp3) is 0.484. The molecular formula is C31H34Br2. The highest BCUT2D eigenvalue weighted by Gasteiger charge is 2.44. The zero-order valence-electron chi connectivity index (χ0n) is 20.4. The summed E-state index contributed by atoms with van der Waals surface area (Å²) in [5.41, 5.74) is 15.7. The summed E-state index contributed by atoms with van der Waals surface area (Å²) in [5.74, 6) is 0.980. The molecule has 172 valence electrons. The number of fused-ring (bicyclic) bond motifs is 4. The van der Waals surface area contributed by atoms with Gasteiger partial charge in [-0.15, -0.1) is 0 Å². The van der Waals surface area contributed by atoms with E-state index in [1.54, 1.807) is 44.6 Å². The molecule has 2 atom stereocenters. The minimum Gasteiger partial charge on any atom is -0.0697 e. The van der Waals surface area contributed by atoms with Gasteiger partial charge in [-0.25, -0.2) is 0 Å². The Labute approximate surface area is 216 Å². The predicted molar refractivity (Wildman–Crippen MR) is 147 cm³/mol. The van der Waals surface area contributed by atoms with Gasteiger partial charge in [0.1, 0.15) is 0 Å². The van der Waals surface area contributed by atoms with Crippen LogP contribution in [0, 0.1) is 17.3 Å². The average molecular weight is 566 g/mol. The molecule has 33 heavy (non-hydrogen) atoms. The first-order valence-electron chi connectivity index (χ1n) is 12.8. The van der Waals surface area contributed by atoms with Gasteiger partial charge in [0.05, 0.1) is 0 Å². The summed E-state index contributed by atoms with van der Waals surface area (Å²) < 4.78 is 2.68. The van der Waals surface area contributed by atoms with E-state index < -0.39 is 0 Å². The van der Waals surface area contributed by atoms with Gasteiger partial charge in [-0.2, -0.15) is 0 Å². The van der Waals surface area contributed by atoms with Crippen LogP contribution in [0.4, 0.5) is 0 Å². The van der Waals surface area contributed by atoms with E-state index >= 15 is 0 Å². The van der Waals surface area contributed by atoms with Crippen LogP contribution in [0.3, 0.4) is 0 Å². The maximum Gasteiger partial charge on any atom is 0.0243 e. The third-order valence-electron chi connectivity index (χ3n) is 9.03. The lowest BCUT2D eigenvalue weighted by Gasteiger charge is -2.36. The molecular weight excluding hydrogens is 532 g/mol. The molecule has 2 heteroatoms. The normalized spacial score (nSPS) is 29.4. The average Bonchev–Trinajstić information content (AvgIpc) is 3.31. The van der Waals surface area contributed by atoms with E-state index in [2.05, 4.69) is 83.9 Å². The lowest BCUT2D eigenvalue weighted by molar-refractivity contribution is 0.541. The molecule has 6 rings (SSSR count). The summed E-state index contributed by atoms with van der Waals surface area (Å²) >= 11 is 7.96. The maximum atomic E-state index is 3.98. The van der Waals surface area contributed by atoms with E-state index in [-0.39, 0.29) is 5.41 Å². The second-order valence-electron chi connectivity index (χ2n) is 11.3. The van der Waals surface area contributed by atoms with Gasteiger partial charge in [-0.05, 0) is 122 Å². The van der Waals surface area contributed by atoms with E-state index in [1.165, 1.54) is 71.5 Å². The molecule has 0 nitrogen and oxygen atoms in total. The first-order chi connectivity index (χ1) is 15.8. The van der Waals surface area contributed by atoms with E-state index in [4.69, 9.17) is 0 Å². The topological polar surface area (TPSA) is 0 Å². The summed E-state index contributed by atoms with van der Waals surface area (Å²) in [7, 11) is 0. The van der Waals surface area contributed by atoms with Crippen LogP contribution < -0.4 is 0 Å². The highest BCUT2D eigenvalue weighted by Crippen LogP contribution is 2.58. The number of allylic oxidation sites excluding steroid dienone is 16. The quantitative estimate of drug-likeness (QED) is 0.312. The molecule has 0 bridgehead atoms. The first-order valence-corrected chi connectivity index (χ1v) is 14.4. The molecule has 0 aromatic carbocycles. The van der Waals surface area contributed by atoms with Crippen LogP contribution in [0.5, 0.6) is 0 Å². The molecule has 0 amide bonds. The summed E-state index contributed by atoms with van der Waals surface area (Å²) in [6, 6.07) is 0. The number of hydrogen-bond donors (Lipinski definition) is 0. The SMILES string of the molecule is CC1=CC2C(=C1C(C)(C)C1=C3C=C(Br)C4=C(CCCC4)C3C=C1C)C=C(Br)C1=C2CCCC1. The third-order valence-corrected chi connectivity index (χ3v) is 10.4. The number of halogens is 2. The zero-order chi connectivity index (χ0) is 23.1. The second kappa shape index (κ2) is 7.95. The Balaban J connectivity index is 1.50. The highest BCUT2D eigenvalue weighted by molar-refractivity contribution is 9.12. The van der Waals surface area contributed by atoms with Crippen molar-refractivity contribution in [2.75, 3.05) is 0 Å². The Hall–Kier alpha value is -1.12. The van der Waals surface area contributed by atoms with Gasteiger partial charge >= 0.3 is 0 Å². The van der Waals surface area contributed by atoms with Gasteiger partial charge in [-0.1, -0.05) is 69.0 Å². The Morgan fingerprint density at radius 1 is 0.667 bits per heavy atom. The van der Waals surface area contributed by atoms with E-state index in [9.17, 15) is 0 Å². The fourth-order valence-electron chi connectivity index (χ4n) is 7.88. The molecule has 2 unspecified atom stereocenters. The van der Waals surface area contributed by atoms with Gasteiger partial charge in [0.15, 0.2) is 0 Å². The van der Waals surface area contributed by atoms with Gasteiger partial charge < -0.3 is 0 Å². The number of rotatable bonds is 2. The summed E-state index contributed by atoms with van der Waals surface area (Å²) in [6.07, 6.45) is 20.4. The van der Waals surface area contributed by atoms with Crippen molar-refractivity contribution in [1.29, 1.82) is 0 Å². The Morgan fingerprint density at radius 2 is 1.06 bits per heavy atom. The van der Waals surface area contributed by atoms with Gasteiger partial charge in [-0.3, -0.25) is 0 Å². The highest BCUT2D eigenvalue weighted by atomic mass is 79.9. The van der Waals surface area contributed by atoms with Crippen molar-refractivity contribution >= 4 is 31.9 Å². The molecule has 6 aliphatic rings. The van der Waals surface area contributed by atoms with Crippen LogP contribution in [0.25, 0.3) is 0 Å². The minimum absolute atomic E-state index is 0.0254. The third kappa shape index (κ3) is 3.26. The maximum absolute atomic E-state index is 3.98. The fourth-order valence-corrected chi connectivity index (χ4v) is 9.28. The predicted octanol–water partition coefficient (Wildman–Crippen LogP) is 10.1. The van der Waals surface area contributed by atoms with Crippen molar-refractivity contribution in [2.45, 2.75) is 79.1 Å². The van der Waals surface area contributed by atoms with Crippen molar-refractivity contribution in [3.05, 3.63) is 89.0 Å². The molecule has 0 fully saturated rings. The van der Waals surface area contributed by atoms with Crippen molar-refractivity contribution in [3.8, 4) is 0 Å². The molecule has 0 aromatic rings. The van der Waals surface area contributed by atoms with Crippen molar-refractivity contribution < 1.29 is 0 Å². The van der Waals surface area contributed by atoms with Crippen molar-refractivity contribution in [3.63, 3.8) is 0 Å². The second-order valence-corrected chi connectivity index (χ2v) is 13.1. The molecule has 0 spiro atoms. The van der Waals surface area contributed by atoms with Gasteiger partial charge in [0.25, 0.3) is 0 Å². The molecule has 0 saturated carbocycles. The Bertz CT molecular complexity index is 1120. The molecule has 0 aromatic heterocycles. The van der Waals surface area contributed by atoms with Crippen LogP contribution in [0.2, 0.25) is 0 Å². The summed E-state index contributed by atoms with van der Waals surface area (Å²) in [5, 5.41) is 0. The standard InChI is InChI=1S/C31H34Br2/c1-17-13-23-19-9-5-7-11-21(19)27(32)15-25(23)29(17)31(3,4)30-18(2)14-24-20-10-6-8-12-22(20)28(33)16-26(24)30/h13-16,23-24H,5-12H2,1-4H3. The number of hydrogen-bond acceptors (Lipinski definition) is 0. The molecule has 0 radical (unpaired) electrons. The van der Waals surface area contributed by atoms with Crippen molar-refractivity contribution in [1.82, 2.24) is 0 Å². The van der Waals surface area contributed by atoms with Crippen LogP contribution in [0.15, 0.2) is 89.0 Å². The van der Waals surface area contributed by atoms with Crippen LogP contribution >= 0.6 is 31.9 Å². The van der Waals surface area contributed by atoms with E-state index in [0.29, 0.717) is 11.8 Å². The first kappa shape index (κ1) is 22.4. The Morgan fingerprint density at radius 3 is 1.48 bits per heavy atom. The van der Waals surface area contributed by atoms with Crippen LogP contribution in [-0.4, -0.2) is 0 Å². The lowest BCUT2D eigenvalue weighted by atomic mass is 9.68. The smallest absolute Gasteiger partial charge is 0.0243 e. The molecule has 0 N–H and O–H groups in total. The largest absolute Gasteiger partial charge is 0.0697 e. The molecule has 0 aliphatic heterocycles. The van der Waals surface area contributed by atoms with Crippen LogP contribution in [-0.2, 0) is 0 Å². The zero-order valence-corrected chi connectivity index (χ0v) is 23.5. The van der Waals surface area contributed by atoms with Gasteiger partial charge in [0.2, 0.25) is 0 Å². The Kier molecular flexibility index (Phi) is 5.39. The lowest BCUT2D eigenvalue weighted by Crippen LogP contribution is -2.23. The molecule has 0 saturated heterocycles. The monoisotopic (exact) mass is 564 g/mol. The molecule has 0 heterocycles. The van der Waals surface area contributed by atoms with E-state index in [1.807, 2.05) is 0 Å². The van der Waals surface area contributed by atoms with E-state index in [0.717, 1.165) is 0 Å². The summed E-state index contributed by atoms with van der Waals surface area (Å²) in [4.78, 5) is 0.